The van der Waals surface area contributed by atoms with Gasteiger partial charge in [-0.25, -0.2) is 0 Å². The number of unbranched alkanes of at least 4 members (excludes halogenated alkanes) is 1. The van der Waals surface area contributed by atoms with Gasteiger partial charge < -0.3 is 5.11 Å². The molecule has 0 radical (unpaired) electrons. The lowest BCUT2D eigenvalue weighted by atomic mass is 10.0. The molecule has 0 aliphatic heterocycles. The van der Waals surface area contributed by atoms with Gasteiger partial charge in [-0.2, -0.15) is 0 Å². The Labute approximate surface area is 70.8 Å². The third-order valence-corrected chi connectivity index (χ3v) is 2.04. The molecule has 1 nitrogen and oxygen atoms in total. The number of hydrogen-bond acceptors (Lipinski definition) is 1. The molecule has 0 saturated carbocycles. The standard InChI is InChI=1S/C10H22O/c1-9(2)6-4-5-7-10(3)8-11/h9-11H,4-8H2,1-3H3/t10-/m0/s1. The van der Waals surface area contributed by atoms with Crippen molar-refractivity contribution in [3.63, 3.8) is 0 Å². The van der Waals surface area contributed by atoms with Gasteiger partial charge in [-0.15, -0.1) is 0 Å². The van der Waals surface area contributed by atoms with Gasteiger partial charge in [0.05, 0.1) is 0 Å². The normalized spacial score (nSPS) is 13.9. The Morgan fingerprint density at radius 2 is 1.55 bits per heavy atom. The molecule has 68 valence electrons. The lowest BCUT2D eigenvalue weighted by Gasteiger charge is -2.07. The van der Waals surface area contributed by atoms with Crippen molar-refractivity contribution in [2.45, 2.75) is 46.5 Å². The van der Waals surface area contributed by atoms with E-state index in [1.165, 1.54) is 25.7 Å². The van der Waals surface area contributed by atoms with Gasteiger partial charge >= 0.3 is 0 Å². The van der Waals surface area contributed by atoms with E-state index >= 15 is 0 Å². The number of hydrogen-bond donors (Lipinski definition) is 1. The summed E-state index contributed by atoms with van der Waals surface area (Å²) in [7, 11) is 0. The maximum Gasteiger partial charge on any atom is 0.0456 e. The third kappa shape index (κ3) is 7.86. The van der Waals surface area contributed by atoms with Crippen LogP contribution in [0.25, 0.3) is 0 Å². The van der Waals surface area contributed by atoms with Crippen LogP contribution >= 0.6 is 0 Å². The van der Waals surface area contributed by atoms with Crippen molar-refractivity contribution in [2.75, 3.05) is 6.61 Å². The molecular formula is C10H22O. The molecule has 0 fully saturated rings. The summed E-state index contributed by atoms with van der Waals surface area (Å²) in [5.74, 6) is 1.33. The van der Waals surface area contributed by atoms with Gasteiger partial charge in [0.2, 0.25) is 0 Å². The minimum atomic E-state index is 0.349. The number of aliphatic hydroxyl groups is 1. The quantitative estimate of drug-likeness (QED) is 0.589. The average molecular weight is 158 g/mol. The van der Waals surface area contributed by atoms with Gasteiger partial charge in [-0.3, -0.25) is 0 Å². The molecule has 1 atom stereocenters. The van der Waals surface area contributed by atoms with Crippen LogP contribution in [-0.2, 0) is 0 Å². The van der Waals surface area contributed by atoms with E-state index in [-0.39, 0.29) is 0 Å². The van der Waals surface area contributed by atoms with Crippen molar-refractivity contribution >= 4 is 0 Å². The van der Waals surface area contributed by atoms with Gasteiger partial charge in [-0.1, -0.05) is 40.0 Å². The van der Waals surface area contributed by atoms with Gasteiger partial charge in [0.25, 0.3) is 0 Å². The Balaban J connectivity index is 3.01. The predicted octanol–water partition coefficient (Wildman–Crippen LogP) is 2.83. The molecule has 0 heterocycles. The predicted molar refractivity (Wildman–Crippen MR) is 49.6 cm³/mol. The zero-order chi connectivity index (χ0) is 8.69. The van der Waals surface area contributed by atoms with E-state index in [4.69, 9.17) is 5.11 Å². The first kappa shape index (κ1) is 11.0. The summed E-state index contributed by atoms with van der Waals surface area (Å²) in [6.07, 6.45) is 5.11. The summed E-state index contributed by atoms with van der Waals surface area (Å²) < 4.78 is 0. The molecule has 1 heteroatoms. The first-order valence-electron chi connectivity index (χ1n) is 4.77. The second kappa shape index (κ2) is 6.66. The highest BCUT2D eigenvalue weighted by Gasteiger charge is 1.99. The molecule has 11 heavy (non-hydrogen) atoms. The van der Waals surface area contributed by atoms with Gasteiger partial charge in [0, 0.05) is 6.61 Å². The SMILES string of the molecule is CC(C)CCCC[C@H](C)CO. The van der Waals surface area contributed by atoms with Crippen molar-refractivity contribution < 1.29 is 5.11 Å². The van der Waals surface area contributed by atoms with Crippen molar-refractivity contribution in [1.82, 2.24) is 0 Å². The van der Waals surface area contributed by atoms with Crippen LogP contribution in [0.1, 0.15) is 46.5 Å². The Kier molecular flexibility index (Phi) is 6.63. The molecule has 0 spiro atoms. The molecule has 1 N–H and O–H groups in total. The highest BCUT2D eigenvalue weighted by atomic mass is 16.3. The highest BCUT2D eigenvalue weighted by Crippen LogP contribution is 2.11. The number of aliphatic hydroxyl groups excluding tert-OH is 1. The molecule has 0 aromatic carbocycles. The molecule has 0 saturated heterocycles. The van der Waals surface area contributed by atoms with Gasteiger partial charge in [0.15, 0.2) is 0 Å². The van der Waals surface area contributed by atoms with Crippen molar-refractivity contribution in [3.8, 4) is 0 Å². The fourth-order valence-corrected chi connectivity index (χ4v) is 1.14. The van der Waals surface area contributed by atoms with Crippen LogP contribution in [0.5, 0.6) is 0 Å². The van der Waals surface area contributed by atoms with Gasteiger partial charge in [0.1, 0.15) is 0 Å². The summed E-state index contributed by atoms with van der Waals surface area (Å²) in [6, 6.07) is 0. The highest BCUT2D eigenvalue weighted by molar-refractivity contribution is 4.52. The van der Waals surface area contributed by atoms with E-state index in [0.717, 1.165) is 5.92 Å². The van der Waals surface area contributed by atoms with Crippen molar-refractivity contribution in [1.29, 1.82) is 0 Å². The monoisotopic (exact) mass is 158 g/mol. The lowest BCUT2D eigenvalue weighted by molar-refractivity contribution is 0.227. The van der Waals surface area contributed by atoms with Crippen LogP contribution in [0.2, 0.25) is 0 Å². The van der Waals surface area contributed by atoms with E-state index in [1.807, 2.05) is 0 Å². The third-order valence-electron chi connectivity index (χ3n) is 2.04. The molecular weight excluding hydrogens is 136 g/mol. The Morgan fingerprint density at radius 1 is 1.00 bits per heavy atom. The molecule has 0 bridgehead atoms. The Bertz CT molecular complexity index is 78.9. The second-order valence-corrected chi connectivity index (χ2v) is 3.97. The van der Waals surface area contributed by atoms with Crippen LogP contribution < -0.4 is 0 Å². The van der Waals surface area contributed by atoms with Crippen LogP contribution in [-0.4, -0.2) is 11.7 Å². The first-order chi connectivity index (χ1) is 5.16. The molecule has 0 aliphatic carbocycles. The smallest absolute Gasteiger partial charge is 0.0456 e. The average Bonchev–Trinajstić information content (AvgIpc) is 1.97. The summed E-state index contributed by atoms with van der Waals surface area (Å²) >= 11 is 0. The lowest BCUT2D eigenvalue weighted by Crippen LogP contribution is -2.00. The molecule has 0 aliphatic rings. The van der Waals surface area contributed by atoms with Crippen LogP contribution in [0.3, 0.4) is 0 Å². The molecule has 0 unspecified atom stereocenters. The summed E-state index contributed by atoms with van der Waals surface area (Å²) in [4.78, 5) is 0. The van der Waals surface area contributed by atoms with Crippen LogP contribution in [0.4, 0.5) is 0 Å². The second-order valence-electron chi connectivity index (χ2n) is 3.97. The summed E-state index contributed by atoms with van der Waals surface area (Å²) in [6.45, 7) is 6.97. The molecule has 0 rings (SSSR count). The van der Waals surface area contributed by atoms with Crippen molar-refractivity contribution in [2.24, 2.45) is 11.8 Å². The minimum Gasteiger partial charge on any atom is -0.396 e. The van der Waals surface area contributed by atoms with E-state index in [2.05, 4.69) is 20.8 Å². The maximum atomic E-state index is 8.74. The Morgan fingerprint density at radius 3 is 2.00 bits per heavy atom. The molecule has 0 aromatic rings. The first-order valence-corrected chi connectivity index (χ1v) is 4.77. The largest absolute Gasteiger partial charge is 0.396 e. The summed E-state index contributed by atoms with van der Waals surface area (Å²) in [5, 5.41) is 8.74. The zero-order valence-corrected chi connectivity index (χ0v) is 8.14. The van der Waals surface area contributed by atoms with Crippen LogP contribution in [0, 0.1) is 11.8 Å². The fourth-order valence-electron chi connectivity index (χ4n) is 1.14. The Hall–Kier alpha value is -0.0400. The molecule has 0 aromatic heterocycles. The van der Waals surface area contributed by atoms with Gasteiger partial charge in [-0.05, 0) is 18.3 Å². The summed E-state index contributed by atoms with van der Waals surface area (Å²) in [5.41, 5.74) is 0. The number of rotatable bonds is 6. The van der Waals surface area contributed by atoms with E-state index < -0.39 is 0 Å². The van der Waals surface area contributed by atoms with E-state index in [0.29, 0.717) is 12.5 Å². The van der Waals surface area contributed by atoms with E-state index in [9.17, 15) is 0 Å². The minimum absolute atomic E-state index is 0.349. The fraction of sp³-hybridized carbons (Fsp3) is 1.00. The zero-order valence-electron chi connectivity index (χ0n) is 8.14. The van der Waals surface area contributed by atoms with Crippen molar-refractivity contribution in [3.05, 3.63) is 0 Å². The van der Waals surface area contributed by atoms with Crippen LogP contribution in [0.15, 0.2) is 0 Å². The maximum absolute atomic E-state index is 8.74. The molecule has 0 amide bonds. The van der Waals surface area contributed by atoms with E-state index in [1.54, 1.807) is 0 Å². The topological polar surface area (TPSA) is 20.2 Å².